The number of carboxylic acid groups (broad SMARTS) is 1. The van der Waals surface area contributed by atoms with Gasteiger partial charge in [0.25, 0.3) is 0 Å². The highest BCUT2D eigenvalue weighted by Gasteiger charge is 2.19. The second kappa shape index (κ2) is 6.34. The van der Waals surface area contributed by atoms with Crippen LogP contribution in [0.15, 0.2) is 41.8 Å². The first kappa shape index (κ1) is 14.3. The van der Waals surface area contributed by atoms with Crippen molar-refractivity contribution in [3.63, 3.8) is 0 Å². The lowest BCUT2D eigenvalue weighted by atomic mass is 10.2. The minimum absolute atomic E-state index is 0.210. The van der Waals surface area contributed by atoms with Gasteiger partial charge in [0.2, 0.25) is 5.91 Å². The molecule has 0 spiro atoms. The zero-order chi connectivity index (χ0) is 14.5. The Morgan fingerprint density at radius 3 is 2.45 bits per heavy atom. The van der Waals surface area contributed by atoms with Crippen LogP contribution in [-0.2, 0) is 16.0 Å². The van der Waals surface area contributed by atoms with Gasteiger partial charge in [-0.25, -0.2) is 0 Å². The predicted molar refractivity (Wildman–Crippen MR) is 79.2 cm³/mol. The molecule has 0 atom stereocenters. The number of amides is 1. The number of aliphatic carboxylic acids is 1. The van der Waals surface area contributed by atoms with Crippen molar-refractivity contribution in [2.24, 2.45) is 0 Å². The molecule has 1 aromatic heterocycles. The number of aryl methyl sites for hydroxylation is 1. The molecule has 0 radical (unpaired) electrons. The Bertz CT molecular complexity index is 590. The number of carboxylic acids is 1. The number of nitrogens with zero attached hydrogens (tertiary/aromatic N) is 1. The molecular formula is C15H15NO3S. The van der Waals surface area contributed by atoms with Gasteiger partial charge in [0, 0.05) is 10.6 Å². The minimum Gasteiger partial charge on any atom is -0.480 e. The molecule has 0 aliphatic rings. The summed E-state index contributed by atoms with van der Waals surface area (Å²) in [5.74, 6) is -1.23. The first-order chi connectivity index (χ1) is 9.56. The molecule has 0 aliphatic heterocycles. The van der Waals surface area contributed by atoms with E-state index in [2.05, 4.69) is 0 Å². The van der Waals surface area contributed by atoms with Gasteiger partial charge in [0.05, 0.1) is 6.42 Å². The molecule has 1 heterocycles. The molecule has 0 bridgehead atoms. The van der Waals surface area contributed by atoms with Crippen LogP contribution in [0.3, 0.4) is 0 Å². The largest absolute Gasteiger partial charge is 0.480 e. The van der Waals surface area contributed by atoms with Gasteiger partial charge < -0.3 is 10.0 Å². The fourth-order valence-electron chi connectivity index (χ4n) is 1.84. The maximum atomic E-state index is 12.3. The first-order valence-corrected chi connectivity index (χ1v) is 7.05. The van der Waals surface area contributed by atoms with Crippen LogP contribution in [-0.4, -0.2) is 23.5 Å². The van der Waals surface area contributed by atoms with Gasteiger partial charge in [-0.3, -0.25) is 9.59 Å². The molecule has 1 N–H and O–H groups in total. The summed E-state index contributed by atoms with van der Waals surface area (Å²) in [4.78, 5) is 25.5. The van der Waals surface area contributed by atoms with E-state index in [-0.39, 0.29) is 18.9 Å². The average Bonchev–Trinajstić information content (AvgIpc) is 2.89. The van der Waals surface area contributed by atoms with Crippen molar-refractivity contribution in [2.75, 3.05) is 11.4 Å². The number of hydrogen-bond acceptors (Lipinski definition) is 3. The second-order valence-corrected chi connectivity index (χ2v) is 5.50. The molecular weight excluding hydrogens is 274 g/mol. The zero-order valence-corrected chi connectivity index (χ0v) is 11.9. The lowest BCUT2D eigenvalue weighted by Gasteiger charge is -2.20. The summed E-state index contributed by atoms with van der Waals surface area (Å²) in [6, 6.07) is 11.0. The Hall–Kier alpha value is -2.14. The summed E-state index contributed by atoms with van der Waals surface area (Å²) in [5, 5.41) is 10.9. The standard InChI is InChI=1S/C15H15NO3S/c1-11-4-6-12(7-5-11)16(10-15(18)19)14(17)9-13-3-2-8-20-13/h2-8H,9-10H2,1H3,(H,18,19). The third kappa shape index (κ3) is 3.68. The molecule has 1 amide bonds. The third-order valence-corrected chi connectivity index (χ3v) is 3.72. The summed E-state index contributed by atoms with van der Waals surface area (Å²) in [5.41, 5.74) is 1.68. The second-order valence-electron chi connectivity index (χ2n) is 4.47. The van der Waals surface area contributed by atoms with Gasteiger partial charge in [0.1, 0.15) is 6.54 Å². The van der Waals surface area contributed by atoms with Gasteiger partial charge in [-0.15, -0.1) is 11.3 Å². The topological polar surface area (TPSA) is 57.6 Å². The summed E-state index contributed by atoms with van der Waals surface area (Å²) in [7, 11) is 0. The number of rotatable bonds is 5. The molecule has 0 saturated carbocycles. The molecule has 0 fully saturated rings. The molecule has 104 valence electrons. The fourth-order valence-corrected chi connectivity index (χ4v) is 2.54. The smallest absolute Gasteiger partial charge is 0.323 e. The lowest BCUT2D eigenvalue weighted by Crippen LogP contribution is -2.36. The van der Waals surface area contributed by atoms with Crippen LogP contribution in [0.4, 0.5) is 5.69 Å². The maximum Gasteiger partial charge on any atom is 0.323 e. The minimum atomic E-state index is -1.02. The molecule has 2 aromatic rings. The van der Waals surface area contributed by atoms with Crippen LogP contribution in [0, 0.1) is 6.92 Å². The highest BCUT2D eigenvalue weighted by Crippen LogP contribution is 2.18. The molecule has 20 heavy (non-hydrogen) atoms. The molecule has 5 heteroatoms. The van der Waals surface area contributed by atoms with E-state index in [4.69, 9.17) is 5.11 Å². The van der Waals surface area contributed by atoms with Crippen molar-refractivity contribution in [3.8, 4) is 0 Å². The number of hydrogen-bond donors (Lipinski definition) is 1. The Morgan fingerprint density at radius 2 is 1.90 bits per heavy atom. The molecule has 0 aliphatic carbocycles. The third-order valence-electron chi connectivity index (χ3n) is 2.85. The zero-order valence-electron chi connectivity index (χ0n) is 11.1. The van der Waals surface area contributed by atoms with Crippen LogP contribution >= 0.6 is 11.3 Å². The van der Waals surface area contributed by atoms with Crippen LogP contribution in [0.2, 0.25) is 0 Å². The average molecular weight is 289 g/mol. The summed E-state index contributed by atoms with van der Waals surface area (Å²) >= 11 is 1.49. The van der Waals surface area contributed by atoms with Gasteiger partial charge >= 0.3 is 5.97 Å². The Morgan fingerprint density at radius 1 is 1.20 bits per heavy atom. The Kier molecular flexibility index (Phi) is 4.53. The van der Waals surface area contributed by atoms with Crippen molar-refractivity contribution in [1.82, 2.24) is 0 Å². The van der Waals surface area contributed by atoms with E-state index in [0.29, 0.717) is 5.69 Å². The van der Waals surface area contributed by atoms with E-state index >= 15 is 0 Å². The highest BCUT2D eigenvalue weighted by molar-refractivity contribution is 7.10. The summed E-state index contributed by atoms with van der Waals surface area (Å²) in [6.45, 7) is 1.62. The SMILES string of the molecule is Cc1ccc(N(CC(=O)O)C(=O)Cc2cccs2)cc1. The Labute approximate surface area is 121 Å². The van der Waals surface area contributed by atoms with Crippen LogP contribution in [0.5, 0.6) is 0 Å². The van der Waals surface area contributed by atoms with Crippen molar-refractivity contribution in [1.29, 1.82) is 0 Å². The van der Waals surface area contributed by atoms with Gasteiger partial charge in [-0.2, -0.15) is 0 Å². The number of anilines is 1. The monoisotopic (exact) mass is 289 g/mol. The first-order valence-electron chi connectivity index (χ1n) is 6.17. The quantitative estimate of drug-likeness (QED) is 0.920. The van der Waals surface area contributed by atoms with Crippen molar-refractivity contribution >= 4 is 28.9 Å². The van der Waals surface area contributed by atoms with E-state index in [1.807, 2.05) is 36.6 Å². The van der Waals surface area contributed by atoms with Gasteiger partial charge in [-0.05, 0) is 30.5 Å². The van der Waals surface area contributed by atoms with Crippen molar-refractivity contribution < 1.29 is 14.7 Å². The van der Waals surface area contributed by atoms with E-state index in [0.717, 1.165) is 10.4 Å². The normalized spacial score (nSPS) is 10.2. The summed E-state index contributed by atoms with van der Waals surface area (Å²) < 4.78 is 0. The van der Waals surface area contributed by atoms with Gasteiger partial charge in [-0.1, -0.05) is 23.8 Å². The maximum absolute atomic E-state index is 12.3. The lowest BCUT2D eigenvalue weighted by molar-refractivity contribution is -0.136. The van der Waals surface area contributed by atoms with Crippen molar-refractivity contribution in [3.05, 3.63) is 52.2 Å². The number of benzene rings is 1. The number of carbonyl (C=O) groups is 2. The number of carbonyl (C=O) groups excluding carboxylic acids is 1. The molecule has 4 nitrogen and oxygen atoms in total. The summed E-state index contributed by atoms with van der Waals surface area (Å²) in [6.07, 6.45) is 0.221. The van der Waals surface area contributed by atoms with Crippen LogP contribution in [0.25, 0.3) is 0 Å². The predicted octanol–water partition coefficient (Wildman–Crippen LogP) is 2.72. The Balaban J connectivity index is 2.20. The van der Waals surface area contributed by atoms with Crippen LogP contribution < -0.4 is 4.90 Å². The number of thiophene rings is 1. The van der Waals surface area contributed by atoms with Gasteiger partial charge in [0.15, 0.2) is 0 Å². The van der Waals surface area contributed by atoms with E-state index in [9.17, 15) is 9.59 Å². The molecule has 2 rings (SSSR count). The van der Waals surface area contributed by atoms with Crippen LogP contribution in [0.1, 0.15) is 10.4 Å². The molecule has 0 saturated heterocycles. The molecule has 1 aromatic carbocycles. The molecule has 0 unspecified atom stereocenters. The highest BCUT2D eigenvalue weighted by atomic mass is 32.1. The van der Waals surface area contributed by atoms with E-state index in [1.165, 1.54) is 16.2 Å². The van der Waals surface area contributed by atoms with Crippen molar-refractivity contribution in [2.45, 2.75) is 13.3 Å². The fraction of sp³-hybridized carbons (Fsp3) is 0.200. The van der Waals surface area contributed by atoms with E-state index < -0.39 is 5.97 Å². The van der Waals surface area contributed by atoms with E-state index in [1.54, 1.807) is 12.1 Å².